The molecule has 4 aliphatic rings. The molecule has 1 unspecified atom stereocenters. The lowest BCUT2D eigenvalue weighted by molar-refractivity contribution is -0.136. The van der Waals surface area contributed by atoms with Crippen molar-refractivity contribution in [1.29, 1.82) is 0 Å². The second-order valence-electron chi connectivity index (χ2n) is 10.1. The molecule has 11 heteroatoms. The maximum absolute atomic E-state index is 13.1. The molecule has 37 heavy (non-hydrogen) atoms. The molecule has 1 atom stereocenters. The van der Waals surface area contributed by atoms with Crippen molar-refractivity contribution in [3.8, 4) is 0 Å². The first-order valence-corrected chi connectivity index (χ1v) is 13.4. The number of nitrogens with one attached hydrogen (secondary N) is 3. The second kappa shape index (κ2) is 11.7. The first-order chi connectivity index (χ1) is 18.0. The third kappa shape index (κ3) is 5.69. The van der Waals surface area contributed by atoms with Gasteiger partial charge < -0.3 is 15.4 Å². The van der Waals surface area contributed by atoms with Crippen LogP contribution in [0.5, 0.6) is 0 Å². The van der Waals surface area contributed by atoms with Gasteiger partial charge >= 0.3 is 0 Å². The molecular formula is C26H36N6O5. The third-order valence-corrected chi connectivity index (χ3v) is 7.81. The predicted octanol–water partition coefficient (Wildman–Crippen LogP) is -0.114. The second-order valence-corrected chi connectivity index (χ2v) is 10.1. The molecule has 200 valence electrons. The average Bonchev–Trinajstić information content (AvgIpc) is 3.17. The molecule has 11 nitrogen and oxygen atoms in total. The van der Waals surface area contributed by atoms with Gasteiger partial charge in [-0.1, -0.05) is 6.07 Å². The molecule has 3 fully saturated rings. The van der Waals surface area contributed by atoms with Crippen molar-refractivity contribution in [3.05, 3.63) is 29.3 Å². The Balaban J connectivity index is 1.05. The molecule has 4 heterocycles. The SMILES string of the molecule is O=C1CCC(N2C(=O)c3cccc(NCCOCCN4CCN(C5CCNCC5)CC4)c3C2=O)C(=O)N1. The van der Waals surface area contributed by atoms with E-state index in [-0.39, 0.29) is 29.9 Å². The van der Waals surface area contributed by atoms with E-state index >= 15 is 0 Å². The highest BCUT2D eigenvalue weighted by atomic mass is 16.5. The molecule has 5 rings (SSSR count). The molecule has 1 aromatic carbocycles. The van der Waals surface area contributed by atoms with Gasteiger partial charge in [0.1, 0.15) is 6.04 Å². The smallest absolute Gasteiger partial charge is 0.264 e. The van der Waals surface area contributed by atoms with Crippen LogP contribution in [0.15, 0.2) is 18.2 Å². The molecule has 4 amide bonds. The lowest BCUT2D eigenvalue weighted by atomic mass is 10.0. The minimum Gasteiger partial charge on any atom is -0.382 e. The minimum atomic E-state index is -0.970. The topological polar surface area (TPSA) is 123 Å². The number of benzene rings is 1. The summed E-state index contributed by atoms with van der Waals surface area (Å²) < 4.78 is 5.84. The van der Waals surface area contributed by atoms with E-state index in [1.54, 1.807) is 18.2 Å². The van der Waals surface area contributed by atoms with Gasteiger partial charge in [-0.15, -0.1) is 0 Å². The quantitative estimate of drug-likeness (QED) is 0.307. The summed E-state index contributed by atoms with van der Waals surface area (Å²) in [6.45, 7) is 9.13. The molecule has 0 bridgehead atoms. The number of carbonyl (C=O) groups excluding carboxylic acids is 4. The van der Waals surface area contributed by atoms with Crippen molar-refractivity contribution in [3.63, 3.8) is 0 Å². The average molecular weight is 513 g/mol. The van der Waals surface area contributed by atoms with E-state index < -0.39 is 23.8 Å². The minimum absolute atomic E-state index is 0.0974. The fraction of sp³-hybridized carbons (Fsp3) is 0.615. The van der Waals surface area contributed by atoms with Gasteiger partial charge in [0.25, 0.3) is 11.8 Å². The summed E-state index contributed by atoms with van der Waals surface area (Å²) in [6, 6.07) is 4.81. The van der Waals surface area contributed by atoms with Crippen LogP contribution in [0.2, 0.25) is 0 Å². The van der Waals surface area contributed by atoms with Gasteiger partial charge in [0.15, 0.2) is 0 Å². The molecule has 0 aromatic heterocycles. The summed E-state index contributed by atoms with van der Waals surface area (Å²) in [4.78, 5) is 55.9. The van der Waals surface area contributed by atoms with Crippen molar-refractivity contribution in [1.82, 2.24) is 25.3 Å². The van der Waals surface area contributed by atoms with Crippen molar-refractivity contribution in [2.75, 3.05) is 70.9 Å². The lowest BCUT2D eigenvalue weighted by Crippen LogP contribution is -2.54. The molecule has 4 aliphatic heterocycles. The third-order valence-electron chi connectivity index (χ3n) is 7.81. The van der Waals surface area contributed by atoms with Crippen LogP contribution in [0.25, 0.3) is 0 Å². The van der Waals surface area contributed by atoms with E-state index in [9.17, 15) is 19.2 Å². The maximum atomic E-state index is 13.1. The van der Waals surface area contributed by atoms with Crippen LogP contribution >= 0.6 is 0 Å². The van der Waals surface area contributed by atoms with Crippen LogP contribution in [-0.4, -0.2) is 116 Å². The zero-order chi connectivity index (χ0) is 25.8. The standard InChI is InChI=1S/C26H36N6O5/c33-22-5-4-21(24(34)29-22)32-25(35)19-2-1-3-20(23(19)26(32)36)28-10-16-37-17-15-30-11-13-31(14-12-30)18-6-8-27-9-7-18/h1-3,18,21,27-28H,4-17H2,(H,29,33,34). The summed E-state index contributed by atoms with van der Waals surface area (Å²) in [7, 11) is 0. The maximum Gasteiger partial charge on any atom is 0.264 e. The number of piperidine rings is 2. The number of nitrogens with zero attached hydrogens (tertiary/aromatic N) is 3. The van der Waals surface area contributed by atoms with Crippen LogP contribution in [0, 0.1) is 0 Å². The Morgan fingerprint density at radius 2 is 1.73 bits per heavy atom. The highest BCUT2D eigenvalue weighted by Crippen LogP contribution is 2.32. The van der Waals surface area contributed by atoms with Crippen LogP contribution in [0.1, 0.15) is 46.4 Å². The number of anilines is 1. The number of amides is 4. The molecule has 3 N–H and O–H groups in total. The zero-order valence-electron chi connectivity index (χ0n) is 21.2. The molecule has 0 saturated carbocycles. The van der Waals surface area contributed by atoms with Gasteiger partial charge in [-0.25, -0.2) is 0 Å². The van der Waals surface area contributed by atoms with E-state index in [2.05, 4.69) is 25.8 Å². The first kappa shape index (κ1) is 25.8. The number of hydrogen-bond acceptors (Lipinski definition) is 9. The number of rotatable bonds is 9. The molecule has 1 aromatic rings. The Labute approximate surface area is 216 Å². The van der Waals surface area contributed by atoms with Crippen molar-refractivity contribution < 1.29 is 23.9 Å². The Morgan fingerprint density at radius 3 is 2.49 bits per heavy atom. The van der Waals surface area contributed by atoms with E-state index in [0.717, 1.165) is 56.8 Å². The van der Waals surface area contributed by atoms with E-state index in [1.807, 2.05) is 0 Å². The Bertz CT molecular complexity index is 1030. The Hall–Kier alpha value is -2.86. The van der Waals surface area contributed by atoms with Crippen LogP contribution in [0.3, 0.4) is 0 Å². The first-order valence-electron chi connectivity index (χ1n) is 13.4. The van der Waals surface area contributed by atoms with Gasteiger partial charge in [0, 0.05) is 57.4 Å². The van der Waals surface area contributed by atoms with Crippen molar-refractivity contribution in [2.24, 2.45) is 0 Å². The largest absolute Gasteiger partial charge is 0.382 e. The molecule has 0 spiro atoms. The predicted molar refractivity (Wildman–Crippen MR) is 136 cm³/mol. The highest BCUT2D eigenvalue weighted by Gasteiger charge is 2.45. The summed E-state index contributed by atoms with van der Waals surface area (Å²) in [5.41, 5.74) is 1.08. The summed E-state index contributed by atoms with van der Waals surface area (Å²) in [5, 5.41) is 8.87. The van der Waals surface area contributed by atoms with E-state index in [4.69, 9.17) is 4.74 Å². The monoisotopic (exact) mass is 512 g/mol. The number of fused-ring (bicyclic) bond motifs is 1. The Morgan fingerprint density at radius 1 is 0.946 bits per heavy atom. The number of carbonyl (C=O) groups is 4. The van der Waals surface area contributed by atoms with Gasteiger partial charge in [0.05, 0.1) is 24.3 Å². The van der Waals surface area contributed by atoms with Crippen LogP contribution in [0.4, 0.5) is 5.69 Å². The van der Waals surface area contributed by atoms with Crippen LogP contribution in [-0.2, 0) is 14.3 Å². The number of ether oxygens (including phenoxy) is 1. The van der Waals surface area contributed by atoms with Crippen LogP contribution < -0.4 is 16.0 Å². The molecular weight excluding hydrogens is 476 g/mol. The van der Waals surface area contributed by atoms with Gasteiger partial charge in [-0.2, -0.15) is 0 Å². The number of hydrogen-bond donors (Lipinski definition) is 3. The van der Waals surface area contributed by atoms with E-state index in [0.29, 0.717) is 25.4 Å². The summed E-state index contributed by atoms with van der Waals surface area (Å²) in [6.07, 6.45) is 2.73. The number of imide groups is 2. The Kier molecular flexibility index (Phi) is 8.14. The van der Waals surface area contributed by atoms with Crippen molar-refractivity contribution in [2.45, 2.75) is 37.8 Å². The van der Waals surface area contributed by atoms with E-state index in [1.165, 1.54) is 12.8 Å². The fourth-order valence-corrected chi connectivity index (χ4v) is 5.74. The molecule has 3 saturated heterocycles. The highest BCUT2D eigenvalue weighted by molar-refractivity contribution is 6.25. The van der Waals surface area contributed by atoms with Gasteiger partial charge in [-0.3, -0.25) is 39.2 Å². The van der Waals surface area contributed by atoms with Crippen molar-refractivity contribution >= 4 is 29.3 Å². The molecule has 0 radical (unpaired) electrons. The lowest BCUT2D eigenvalue weighted by Gasteiger charge is -2.40. The molecule has 0 aliphatic carbocycles. The van der Waals surface area contributed by atoms with Gasteiger partial charge in [0.2, 0.25) is 11.8 Å². The zero-order valence-corrected chi connectivity index (χ0v) is 21.2. The summed E-state index contributed by atoms with van der Waals surface area (Å²) >= 11 is 0. The fourth-order valence-electron chi connectivity index (χ4n) is 5.74. The summed E-state index contributed by atoms with van der Waals surface area (Å²) in [5.74, 6) is -2.02. The number of piperazine rings is 1. The van der Waals surface area contributed by atoms with Gasteiger partial charge in [-0.05, 0) is 44.5 Å². The normalized spacial score (nSPS) is 23.9.